The smallest absolute Gasteiger partial charge is 0.307 e. The lowest BCUT2D eigenvalue weighted by Crippen LogP contribution is -2.07. The van der Waals surface area contributed by atoms with E-state index in [4.69, 9.17) is 9.84 Å². The molecule has 110 valence electrons. The number of nitrogens with zero attached hydrogens (tertiary/aromatic N) is 1. The van der Waals surface area contributed by atoms with Crippen molar-refractivity contribution in [2.75, 3.05) is 0 Å². The highest BCUT2D eigenvalue weighted by atomic mass is 16.5. The second-order valence-electron chi connectivity index (χ2n) is 4.88. The van der Waals surface area contributed by atoms with E-state index in [2.05, 4.69) is 4.98 Å². The molecule has 0 amide bonds. The van der Waals surface area contributed by atoms with Crippen molar-refractivity contribution in [2.45, 2.75) is 33.3 Å². The fourth-order valence-corrected chi connectivity index (χ4v) is 2.17. The minimum atomic E-state index is -0.839. The topological polar surface area (TPSA) is 59.4 Å². The molecule has 0 aliphatic rings. The molecule has 0 unspecified atom stereocenters. The van der Waals surface area contributed by atoms with Crippen molar-refractivity contribution in [1.29, 1.82) is 0 Å². The van der Waals surface area contributed by atoms with Gasteiger partial charge in [0, 0.05) is 5.69 Å². The third kappa shape index (κ3) is 4.05. The molecule has 0 fully saturated rings. The zero-order chi connectivity index (χ0) is 15.2. The molecule has 0 spiro atoms. The van der Waals surface area contributed by atoms with Crippen LogP contribution < -0.4 is 4.74 Å². The van der Waals surface area contributed by atoms with Crippen LogP contribution in [0.5, 0.6) is 5.75 Å². The Kier molecular flexibility index (Phi) is 4.93. The van der Waals surface area contributed by atoms with Crippen molar-refractivity contribution >= 4 is 5.97 Å². The number of hydrogen-bond acceptors (Lipinski definition) is 3. The Hall–Kier alpha value is -2.36. The van der Waals surface area contributed by atoms with E-state index in [1.165, 1.54) is 0 Å². The lowest BCUT2D eigenvalue weighted by atomic mass is 10.1. The van der Waals surface area contributed by atoms with Gasteiger partial charge in [-0.3, -0.25) is 9.78 Å². The van der Waals surface area contributed by atoms with Gasteiger partial charge in [-0.2, -0.15) is 0 Å². The highest BCUT2D eigenvalue weighted by Gasteiger charge is 2.09. The summed E-state index contributed by atoms with van der Waals surface area (Å²) in [6.07, 6.45) is 0.806. The van der Waals surface area contributed by atoms with Crippen molar-refractivity contribution in [2.24, 2.45) is 0 Å². The van der Waals surface area contributed by atoms with Gasteiger partial charge >= 0.3 is 5.97 Å². The first-order valence-electron chi connectivity index (χ1n) is 6.98. The number of carboxylic acids is 1. The van der Waals surface area contributed by atoms with E-state index < -0.39 is 5.97 Å². The lowest BCUT2D eigenvalue weighted by Gasteiger charge is -2.12. The summed E-state index contributed by atoms with van der Waals surface area (Å²) in [6, 6.07) is 11.3. The summed E-state index contributed by atoms with van der Waals surface area (Å²) in [5.74, 6) is -0.0815. The molecule has 2 rings (SSSR count). The Bertz CT molecular complexity index is 638. The first kappa shape index (κ1) is 15.0. The van der Waals surface area contributed by atoms with E-state index in [0.29, 0.717) is 6.61 Å². The van der Waals surface area contributed by atoms with Crippen LogP contribution in [0.25, 0.3) is 0 Å². The normalized spacial score (nSPS) is 10.4. The third-order valence-corrected chi connectivity index (χ3v) is 3.25. The van der Waals surface area contributed by atoms with Gasteiger partial charge in [-0.15, -0.1) is 0 Å². The molecule has 4 heteroatoms. The van der Waals surface area contributed by atoms with Gasteiger partial charge in [0.05, 0.1) is 12.1 Å². The molecule has 0 saturated heterocycles. The first-order valence-corrected chi connectivity index (χ1v) is 6.98. The van der Waals surface area contributed by atoms with Crippen molar-refractivity contribution in [3.8, 4) is 5.75 Å². The lowest BCUT2D eigenvalue weighted by molar-refractivity contribution is -0.136. The van der Waals surface area contributed by atoms with E-state index in [1.807, 2.05) is 50.2 Å². The Morgan fingerprint density at radius 1 is 1.19 bits per heavy atom. The number of aryl methyl sites for hydroxylation is 2. The van der Waals surface area contributed by atoms with Crippen molar-refractivity contribution in [3.63, 3.8) is 0 Å². The standard InChI is InChI=1S/C17H19NO3/c1-3-15-16(9-8-12(2)18-15)21-11-14-7-5-4-6-13(14)10-17(19)20/h4-9H,3,10-11H2,1-2H3,(H,19,20). The van der Waals surface area contributed by atoms with Crippen LogP contribution in [-0.4, -0.2) is 16.1 Å². The second-order valence-corrected chi connectivity index (χ2v) is 4.88. The number of aromatic nitrogens is 1. The Morgan fingerprint density at radius 3 is 2.57 bits per heavy atom. The average Bonchev–Trinajstić information content (AvgIpc) is 2.46. The zero-order valence-electron chi connectivity index (χ0n) is 12.3. The number of carbonyl (C=O) groups is 1. The van der Waals surface area contributed by atoms with Gasteiger partial charge in [0.15, 0.2) is 0 Å². The van der Waals surface area contributed by atoms with Crippen LogP contribution in [-0.2, 0) is 24.2 Å². The van der Waals surface area contributed by atoms with Crippen LogP contribution >= 0.6 is 0 Å². The van der Waals surface area contributed by atoms with Crippen LogP contribution in [0.3, 0.4) is 0 Å². The molecule has 2 aromatic rings. The maximum atomic E-state index is 10.9. The van der Waals surface area contributed by atoms with Crippen LogP contribution in [0.1, 0.15) is 29.4 Å². The zero-order valence-corrected chi connectivity index (χ0v) is 12.3. The summed E-state index contributed by atoms with van der Waals surface area (Å²) >= 11 is 0. The monoisotopic (exact) mass is 285 g/mol. The number of pyridine rings is 1. The largest absolute Gasteiger partial charge is 0.487 e. The molecule has 0 aliphatic carbocycles. The van der Waals surface area contributed by atoms with E-state index >= 15 is 0 Å². The maximum Gasteiger partial charge on any atom is 0.307 e. The maximum absolute atomic E-state index is 10.9. The molecule has 1 aromatic carbocycles. The van der Waals surface area contributed by atoms with Gasteiger partial charge in [-0.05, 0) is 36.6 Å². The Balaban J connectivity index is 2.15. The minimum absolute atomic E-state index is 0.00627. The number of rotatable bonds is 6. The molecule has 0 saturated carbocycles. The Morgan fingerprint density at radius 2 is 1.90 bits per heavy atom. The molecule has 4 nitrogen and oxygen atoms in total. The number of benzene rings is 1. The van der Waals surface area contributed by atoms with E-state index in [9.17, 15) is 4.79 Å². The van der Waals surface area contributed by atoms with Gasteiger partial charge in [0.2, 0.25) is 0 Å². The molecule has 0 aliphatic heterocycles. The third-order valence-electron chi connectivity index (χ3n) is 3.25. The first-order chi connectivity index (χ1) is 10.1. The molecule has 21 heavy (non-hydrogen) atoms. The van der Waals surface area contributed by atoms with Gasteiger partial charge in [-0.1, -0.05) is 31.2 Å². The van der Waals surface area contributed by atoms with Crippen molar-refractivity contribution < 1.29 is 14.6 Å². The summed E-state index contributed by atoms with van der Waals surface area (Å²) in [5, 5.41) is 8.94. The fraction of sp³-hybridized carbons (Fsp3) is 0.294. The Labute approximate surface area is 124 Å². The number of carboxylic acid groups (broad SMARTS) is 1. The number of aliphatic carboxylic acids is 1. The molecule has 0 atom stereocenters. The molecule has 1 aromatic heterocycles. The van der Waals surface area contributed by atoms with E-state index in [0.717, 1.165) is 34.7 Å². The van der Waals surface area contributed by atoms with Gasteiger partial charge in [0.1, 0.15) is 12.4 Å². The minimum Gasteiger partial charge on any atom is -0.487 e. The quantitative estimate of drug-likeness (QED) is 0.885. The predicted octanol–water partition coefficient (Wildman–Crippen LogP) is 3.16. The second kappa shape index (κ2) is 6.88. The highest BCUT2D eigenvalue weighted by Crippen LogP contribution is 2.20. The number of ether oxygens (including phenoxy) is 1. The van der Waals surface area contributed by atoms with E-state index in [1.54, 1.807) is 0 Å². The molecule has 0 bridgehead atoms. The van der Waals surface area contributed by atoms with Crippen LogP contribution in [0.2, 0.25) is 0 Å². The van der Waals surface area contributed by atoms with Gasteiger partial charge in [0.25, 0.3) is 0 Å². The molecular formula is C17H19NO3. The summed E-state index contributed by atoms with van der Waals surface area (Å²) in [6.45, 7) is 4.33. The number of hydrogen-bond donors (Lipinski definition) is 1. The fourth-order valence-electron chi connectivity index (χ4n) is 2.17. The van der Waals surface area contributed by atoms with Crippen LogP contribution in [0.15, 0.2) is 36.4 Å². The predicted molar refractivity (Wildman–Crippen MR) is 80.5 cm³/mol. The summed E-state index contributed by atoms with van der Waals surface area (Å²) in [7, 11) is 0. The highest BCUT2D eigenvalue weighted by molar-refractivity contribution is 5.70. The van der Waals surface area contributed by atoms with E-state index in [-0.39, 0.29) is 6.42 Å². The SMILES string of the molecule is CCc1nc(C)ccc1OCc1ccccc1CC(=O)O. The van der Waals surface area contributed by atoms with Gasteiger partial charge < -0.3 is 9.84 Å². The molecule has 1 heterocycles. The van der Waals surface area contributed by atoms with Crippen LogP contribution in [0.4, 0.5) is 0 Å². The molecule has 1 N–H and O–H groups in total. The summed E-state index contributed by atoms with van der Waals surface area (Å²) in [4.78, 5) is 15.3. The average molecular weight is 285 g/mol. The van der Waals surface area contributed by atoms with Gasteiger partial charge in [-0.25, -0.2) is 0 Å². The molecular weight excluding hydrogens is 266 g/mol. The summed E-state index contributed by atoms with van der Waals surface area (Å²) in [5.41, 5.74) is 3.56. The van der Waals surface area contributed by atoms with Crippen LogP contribution in [0, 0.1) is 6.92 Å². The van der Waals surface area contributed by atoms with Crippen molar-refractivity contribution in [3.05, 3.63) is 58.9 Å². The van der Waals surface area contributed by atoms with Crippen molar-refractivity contribution in [1.82, 2.24) is 4.98 Å². The molecule has 0 radical (unpaired) electrons. The summed E-state index contributed by atoms with van der Waals surface area (Å²) < 4.78 is 5.84.